The van der Waals surface area contributed by atoms with Crippen LogP contribution in [0.4, 0.5) is 0 Å². The lowest BCUT2D eigenvalue weighted by Gasteiger charge is -2.20. The van der Waals surface area contributed by atoms with Crippen molar-refractivity contribution in [3.8, 4) is 0 Å². The van der Waals surface area contributed by atoms with Gasteiger partial charge in [0.25, 0.3) is 5.91 Å². The Morgan fingerprint density at radius 2 is 2.16 bits per heavy atom. The van der Waals surface area contributed by atoms with Gasteiger partial charge in [-0.05, 0) is 57.4 Å². The van der Waals surface area contributed by atoms with E-state index in [1.165, 1.54) is 11.8 Å². The predicted molar refractivity (Wildman–Crippen MR) is 99.4 cm³/mol. The summed E-state index contributed by atoms with van der Waals surface area (Å²) >= 11 is 0. The molecule has 2 rings (SSSR count). The maximum absolute atomic E-state index is 11.1. The molecule has 0 spiro atoms. The monoisotopic (exact) mass is 344 g/mol. The number of pyridine rings is 1. The van der Waals surface area contributed by atoms with Gasteiger partial charge >= 0.3 is 0 Å². The number of carbonyl (C=O) groups excluding carboxylic acids is 1. The van der Waals surface area contributed by atoms with E-state index < -0.39 is 5.91 Å². The number of aromatic nitrogens is 2. The summed E-state index contributed by atoms with van der Waals surface area (Å²) in [5, 5.41) is 12.1. The molecule has 0 saturated heterocycles. The number of hydrogen-bond acceptors (Lipinski definition) is 4. The molecule has 2 aromatic rings. The zero-order valence-electron chi connectivity index (χ0n) is 15.5. The first-order valence-corrected chi connectivity index (χ1v) is 8.71. The lowest BCUT2D eigenvalue weighted by Crippen LogP contribution is -2.35. The average Bonchev–Trinajstić information content (AvgIpc) is 2.91. The molecular weight excluding hydrogens is 316 g/mol. The van der Waals surface area contributed by atoms with Crippen molar-refractivity contribution in [1.82, 2.24) is 20.2 Å². The van der Waals surface area contributed by atoms with Gasteiger partial charge in [-0.3, -0.25) is 10.0 Å². The Morgan fingerprint density at radius 1 is 1.40 bits per heavy atom. The third-order valence-electron chi connectivity index (χ3n) is 3.92. The van der Waals surface area contributed by atoms with Crippen molar-refractivity contribution < 1.29 is 10.0 Å². The number of aryl methyl sites for hydroxylation is 1. The topological polar surface area (TPSA) is 78.7 Å². The van der Waals surface area contributed by atoms with Crippen LogP contribution in [0.1, 0.15) is 57.5 Å². The maximum atomic E-state index is 11.1. The highest BCUT2D eigenvalue weighted by Crippen LogP contribution is 2.18. The van der Waals surface area contributed by atoms with Crippen LogP contribution in [0.15, 0.2) is 24.4 Å². The quantitative estimate of drug-likeness (QED) is 0.410. The van der Waals surface area contributed by atoms with E-state index in [0.717, 1.165) is 42.7 Å². The van der Waals surface area contributed by atoms with E-state index in [1.54, 1.807) is 11.6 Å². The van der Waals surface area contributed by atoms with E-state index in [9.17, 15) is 4.79 Å². The van der Waals surface area contributed by atoms with Crippen LogP contribution in [-0.2, 0) is 17.8 Å². The molecule has 0 saturated carbocycles. The summed E-state index contributed by atoms with van der Waals surface area (Å²) < 4.78 is 2.10. The smallest absolute Gasteiger partial charge is 0.267 e. The number of nitrogens with zero attached hydrogens (tertiary/aromatic N) is 2. The van der Waals surface area contributed by atoms with Gasteiger partial charge in [-0.2, -0.15) is 0 Å². The fraction of sp³-hybridized carbons (Fsp3) is 0.474. The summed E-state index contributed by atoms with van der Waals surface area (Å²) in [5.41, 5.74) is 5.64. The molecule has 0 aromatic carbocycles. The van der Waals surface area contributed by atoms with Crippen molar-refractivity contribution in [1.29, 1.82) is 0 Å². The van der Waals surface area contributed by atoms with Crippen molar-refractivity contribution in [2.24, 2.45) is 0 Å². The Kier molecular flexibility index (Phi) is 6.33. The minimum atomic E-state index is -0.554. The number of fused-ring (bicyclic) bond motifs is 1. The van der Waals surface area contributed by atoms with E-state index >= 15 is 0 Å². The lowest BCUT2D eigenvalue weighted by molar-refractivity contribution is -0.124. The highest BCUT2D eigenvalue weighted by Gasteiger charge is 2.15. The van der Waals surface area contributed by atoms with Crippen LogP contribution < -0.4 is 10.8 Å². The minimum Gasteiger partial charge on any atom is -0.306 e. The summed E-state index contributed by atoms with van der Waals surface area (Å²) in [6.45, 7) is 9.38. The maximum Gasteiger partial charge on any atom is 0.267 e. The Labute approximate surface area is 148 Å². The van der Waals surface area contributed by atoms with Crippen LogP contribution in [0.3, 0.4) is 0 Å². The van der Waals surface area contributed by atoms with Crippen LogP contribution in [0, 0.1) is 0 Å². The van der Waals surface area contributed by atoms with E-state index in [4.69, 9.17) is 10.2 Å². The fourth-order valence-electron chi connectivity index (χ4n) is 2.55. The highest BCUT2D eigenvalue weighted by atomic mass is 16.5. The number of unbranched alkanes of at least 4 members (excludes halogenated alkanes) is 1. The number of rotatable bonds is 7. The molecule has 0 fully saturated rings. The van der Waals surface area contributed by atoms with Crippen molar-refractivity contribution >= 4 is 17.6 Å². The number of carbonyl (C=O) groups is 1. The fourth-order valence-corrected chi connectivity index (χ4v) is 2.55. The molecule has 0 aliphatic heterocycles. The molecule has 25 heavy (non-hydrogen) atoms. The molecule has 0 radical (unpaired) electrons. The summed E-state index contributed by atoms with van der Waals surface area (Å²) in [5.74, 6) is -0.554. The van der Waals surface area contributed by atoms with E-state index in [-0.39, 0.29) is 5.54 Å². The molecule has 6 heteroatoms. The molecule has 0 atom stereocenters. The van der Waals surface area contributed by atoms with Crippen molar-refractivity contribution in [2.45, 2.75) is 59.0 Å². The van der Waals surface area contributed by atoms with Crippen LogP contribution in [0.2, 0.25) is 0 Å². The van der Waals surface area contributed by atoms with Crippen molar-refractivity contribution in [2.75, 3.05) is 0 Å². The highest BCUT2D eigenvalue weighted by molar-refractivity contribution is 5.90. The lowest BCUT2D eigenvalue weighted by atomic mass is 10.1. The minimum absolute atomic E-state index is 0.0342. The molecule has 2 heterocycles. The SMILES string of the molecule is CCCCc1nc2cc(C=CC(=O)NO)ccn2c1CNC(C)(C)C. The number of hydrogen-bond donors (Lipinski definition) is 3. The normalized spacial score (nSPS) is 12.2. The second kappa shape index (κ2) is 8.27. The third kappa shape index (κ3) is 5.41. The number of imidazole rings is 1. The van der Waals surface area contributed by atoms with Gasteiger partial charge in [0, 0.05) is 24.4 Å². The molecule has 136 valence electrons. The van der Waals surface area contributed by atoms with E-state index in [2.05, 4.69) is 37.4 Å². The molecule has 0 aliphatic rings. The Bertz CT molecular complexity index is 757. The number of nitrogens with one attached hydrogen (secondary N) is 2. The molecule has 0 unspecified atom stereocenters. The Balaban J connectivity index is 2.35. The average molecular weight is 344 g/mol. The van der Waals surface area contributed by atoms with Gasteiger partial charge in [0.05, 0.1) is 11.4 Å². The van der Waals surface area contributed by atoms with Crippen LogP contribution in [0.25, 0.3) is 11.7 Å². The zero-order chi connectivity index (χ0) is 18.4. The van der Waals surface area contributed by atoms with Gasteiger partial charge in [-0.15, -0.1) is 0 Å². The largest absolute Gasteiger partial charge is 0.306 e. The first kappa shape index (κ1) is 19.1. The first-order valence-electron chi connectivity index (χ1n) is 8.71. The van der Waals surface area contributed by atoms with Gasteiger partial charge in [-0.1, -0.05) is 13.3 Å². The van der Waals surface area contributed by atoms with Crippen molar-refractivity contribution in [3.05, 3.63) is 41.4 Å². The Morgan fingerprint density at radius 3 is 2.80 bits per heavy atom. The van der Waals surface area contributed by atoms with E-state index in [0.29, 0.717) is 0 Å². The van der Waals surface area contributed by atoms with Crippen molar-refractivity contribution in [3.63, 3.8) is 0 Å². The Hall–Kier alpha value is -2.18. The predicted octanol–water partition coefficient (Wildman–Crippen LogP) is 3.08. The number of hydroxylamine groups is 1. The summed E-state index contributed by atoms with van der Waals surface area (Å²) in [6.07, 6.45) is 8.11. The first-order chi connectivity index (χ1) is 11.8. The summed E-state index contributed by atoms with van der Waals surface area (Å²) in [4.78, 5) is 15.9. The van der Waals surface area contributed by atoms with Gasteiger partial charge in [0.15, 0.2) is 0 Å². The second-order valence-electron chi connectivity index (χ2n) is 7.21. The van der Waals surface area contributed by atoms with Crippen LogP contribution in [-0.4, -0.2) is 26.0 Å². The van der Waals surface area contributed by atoms with Crippen LogP contribution in [0.5, 0.6) is 0 Å². The second-order valence-corrected chi connectivity index (χ2v) is 7.21. The van der Waals surface area contributed by atoms with Gasteiger partial charge in [0.2, 0.25) is 0 Å². The van der Waals surface area contributed by atoms with Crippen LogP contribution >= 0.6 is 0 Å². The molecule has 2 aromatic heterocycles. The molecule has 6 nitrogen and oxygen atoms in total. The summed E-state index contributed by atoms with van der Waals surface area (Å²) in [6, 6.07) is 3.87. The number of amides is 1. The standard InChI is InChI=1S/C19H28N4O2/c1-5-6-7-15-16(13-20-19(2,3)4)23-11-10-14(12-17(23)21-15)8-9-18(24)22-25/h8-12,20,25H,5-7,13H2,1-4H3,(H,22,24). The van der Waals surface area contributed by atoms with Gasteiger partial charge in [0.1, 0.15) is 5.65 Å². The van der Waals surface area contributed by atoms with Gasteiger partial charge in [-0.25, -0.2) is 10.5 Å². The third-order valence-corrected chi connectivity index (χ3v) is 3.92. The molecular formula is C19H28N4O2. The molecule has 0 bridgehead atoms. The summed E-state index contributed by atoms with van der Waals surface area (Å²) in [7, 11) is 0. The molecule has 1 amide bonds. The zero-order valence-corrected chi connectivity index (χ0v) is 15.5. The molecule has 0 aliphatic carbocycles. The van der Waals surface area contributed by atoms with E-state index in [1.807, 2.05) is 18.3 Å². The molecule has 3 N–H and O–H groups in total. The van der Waals surface area contributed by atoms with Gasteiger partial charge < -0.3 is 9.72 Å².